The zero-order chi connectivity index (χ0) is 9.14. The van der Waals surface area contributed by atoms with Gasteiger partial charge in [0.05, 0.1) is 6.54 Å². The lowest BCUT2D eigenvalue weighted by molar-refractivity contribution is -0.128. The Morgan fingerprint density at radius 3 is 2.75 bits per heavy atom. The first-order valence-corrected chi connectivity index (χ1v) is 4.48. The van der Waals surface area contributed by atoms with Crippen molar-refractivity contribution >= 4 is 28.8 Å². The number of carbonyl (C=O) groups excluding carboxylic acids is 1. The van der Waals surface area contributed by atoms with Crippen LogP contribution in [0.2, 0.25) is 4.47 Å². The standard InChI is InChI=1S/C6H8ClN3OS/c1-4(11)10(2)3-5-8-9-6(7)12-5/h3H2,1-2H3. The van der Waals surface area contributed by atoms with E-state index in [2.05, 4.69) is 10.2 Å². The van der Waals surface area contributed by atoms with Gasteiger partial charge in [0.25, 0.3) is 0 Å². The first kappa shape index (κ1) is 9.41. The molecule has 6 heteroatoms. The van der Waals surface area contributed by atoms with Gasteiger partial charge in [0.15, 0.2) is 0 Å². The highest BCUT2D eigenvalue weighted by atomic mass is 35.5. The lowest BCUT2D eigenvalue weighted by atomic mass is 10.5. The van der Waals surface area contributed by atoms with Gasteiger partial charge in [-0.2, -0.15) is 0 Å². The van der Waals surface area contributed by atoms with Crippen molar-refractivity contribution in [2.75, 3.05) is 7.05 Å². The van der Waals surface area contributed by atoms with Gasteiger partial charge in [-0.1, -0.05) is 11.3 Å². The third kappa shape index (κ3) is 2.42. The maximum Gasteiger partial charge on any atom is 0.219 e. The van der Waals surface area contributed by atoms with Crippen molar-refractivity contribution in [2.45, 2.75) is 13.5 Å². The minimum atomic E-state index is 0.00122. The molecule has 1 rings (SSSR count). The summed E-state index contributed by atoms with van der Waals surface area (Å²) < 4.78 is 0.405. The van der Waals surface area contributed by atoms with Gasteiger partial charge >= 0.3 is 0 Å². The average Bonchev–Trinajstić information content (AvgIpc) is 2.35. The van der Waals surface area contributed by atoms with Gasteiger partial charge in [0, 0.05) is 14.0 Å². The fourth-order valence-electron chi connectivity index (χ4n) is 0.611. The summed E-state index contributed by atoms with van der Waals surface area (Å²) in [7, 11) is 1.71. The molecule has 0 saturated carbocycles. The fourth-order valence-corrected chi connectivity index (χ4v) is 1.53. The van der Waals surface area contributed by atoms with Gasteiger partial charge in [-0.15, -0.1) is 10.2 Å². The molecule has 1 heterocycles. The molecule has 66 valence electrons. The predicted molar refractivity (Wildman–Crippen MR) is 47.1 cm³/mol. The van der Waals surface area contributed by atoms with Gasteiger partial charge < -0.3 is 4.90 Å². The fraction of sp³-hybridized carbons (Fsp3) is 0.500. The number of rotatable bonds is 2. The Bertz CT molecular complexity index is 288. The summed E-state index contributed by atoms with van der Waals surface area (Å²) in [5.41, 5.74) is 0. The zero-order valence-electron chi connectivity index (χ0n) is 6.74. The quantitative estimate of drug-likeness (QED) is 0.728. The Morgan fingerprint density at radius 2 is 2.33 bits per heavy atom. The monoisotopic (exact) mass is 205 g/mol. The number of hydrogen-bond acceptors (Lipinski definition) is 4. The van der Waals surface area contributed by atoms with Crippen LogP contribution in [0.15, 0.2) is 0 Å². The van der Waals surface area contributed by atoms with Crippen molar-refractivity contribution < 1.29 is 4.79 Å². The molecule has 1 aromatic rings. The number of hydrogen-bond donors (Lipinski definition) is 0. The van der Waals surface area contributed by atoms with Crippen LogP contribution in [0.25, 0.3) is 0 Å². The summed E-state index contributed by atoms with van der Waals surface area (Å²) in [5, 5.41) is 8.15. The Kier molecular flexibility index (Phi) is 2.99. The number of carbonyl (C=O) groups is 1. The number of amides is 1. The van der Waals surface area contributed by atoms with Crippen LogP contribution in [0, 0.1) is 0 Å². The summed E-state index contributed by atoms with van der Waals surface area (Å²) in [6, 6.07) is 0. The summed E-state index contributed by atoms with van der Waals surface area (Å²) >= 11 is 6.85. The molecule has 0 aliphatic carbocycles. The third-order valence-electron chi connectivity index (χ3n) is 1.35. The van der Waals surface area contributed by atoms with E-state index in [0.29, 0.717) is 11.0 Å². The molecule has 0 bridgehead atoms. The van der Waals surface area contributed by atoms with Crippen molar-refractivity contribution in [1.29, 1.82) is 0 Å². The molecule has 0 N–H and O–H groups in total. The maximum absolute atomic E-state index is 10.8. The van der Waals surface area contributed by atoms with E-state index in [4.69, 9.17) is 11.6 Å². The van der Waals surface area contributed by atoms with E-state index in [1.807, 2.05) is 0 Å². The highest BCUT2D eigenvalue weighted by Crippen LogP contribution is 2.15. The molecule has 1 aromatic heterocycles. The lowest BCUT2D eigenvalue weighted by Crippen LogP contribution is -2.22. The normalized spacial score (nSPS) is 9.92. The molecule has 0 aliphatic heterocycles. The molecule has 0 saturated heterocycles. The molecule has 0 atom stereocenters. The Balaban J connectivity index is 2.58. The van der Waals surface area contributed by atoms with Crippen molar-refractivity contribution in [2.24, 2.45) is 0 Å². The number of halogens is 1. The Morgan fingerprint density at radius 1 is 1.67 bits per heavy atom. The van der Waals surface area contributed by atoms with Gasteiger partial charge in [-0.25, -0.2) is 0 Å². The van der Waals surface area contributed by atoms with Crippen LogP contribution < -0.4 is 0 Å². The molecule has 12 heavy (non-hydrogen) atoms. The Labute approximate surface area is 79.2 Å². The summed E-state index contributed by atoms with van der Waals surface area (Å²) in [6.07, 6.45) is 0. The second-order valence-corrected chi connectivity index (χ2v) is 3.97. The van der Waals surface area contributed by atoms with E-state index in [1.54, 1.807) is 11.9 Å². The molecule has 0 aliphatic rings. The molecule has 0 fully saturated rings. The van der Waals surface area contributed by atoms with Gasteiger partial charge in [0.2, 0.25) is 10.4 Å². The smallest absolute Gasteiger partial charge is 0.219 e. The van der Waals surface area contributed by atoms with Crippen LogP contribution >= 0.6 is 22.9 Å². The Hall–Kier alpha value is -0.680. The van der Waals surface area contributed by atoms with E-state index in [0.717, 1.165) is 5.01 Å². The minimum absolute atomic E-state index is 0.00122. The van der Waals surface area contributed by atoms with Crippen LogP contribution in [-0.2, 0) is 11.3 Å². The maximum atomic E-state index is 10.8. The summed E-state index contributed by atoms with van der Waals surface area (Å²) in [6.45, 7) is 1.97. The van der Waals surface area contributed by atoms with Crippen LogP contribution in [0.5, 0.6) is 0 Å². The van der Waals surface area contributed by atoms with Crippen LogP contribution in [-0.4, -0.2) is 28.1 Å². The second-order valence-electron chi connectivity index (χ2n) is 2.32. The van der Waals surface area contributed by atoms with Gasteiger partial charge in [-0.05, 0) is 11.6 Å². The predicted octanol–water partition coefficient (Wildman–Crippen LogP) is 1.17. The average molecular weight is 206 g/mol. The van der Waals surface area contributed by atoms with E-state index in [-0.39, 0.29) is 5.91 Å². The highest BCUT2D eigenvalue weighted by Gasteiger charge is 2.07. The molecular formula is C6H8ClN3OS. The molecule has 1 amide bonds. The number of aromatic nitrogens is 2. The van der Waals surface area contributed by atoms with E-state index >= 15 is 0 Å². The van der Waals surface area contributed by atoms with E-state index in [9.17, 15) is 4.79 Å². The van der Waals surface area contributed by atoms with E-state index < -0.39 is 0 Å². The van der Waals surface area contributed by atoms with Gasteiger partial charge in [-0.3, -0.25) is 4.79 Å². The molecule has 0 unspecified atom stereocenters. The summed E-state index contributed by atoms with van der Waals surface area (Å²) in [5.74, 6) is 0.00122. The SMILES string of the molecule is CC(=O)N(C)Cc1nnc(Cl)s1. The molecule has 0 spiro atoms. The molecular weight excluding hydrogens is 198 g/mol. The summed E-state index contributed by atoms with van der Waals surface area (Å²) in [4.78, 5) is 12.4. The van der Waals surface area contributed by atoms with Crippen LogP contribution in [0.4, 0.5) is 0 Å². The molecule has 4 nitrogen and oxygen atoms in total. The third-order valence-corrected chi connectivity index (χ3v) is 2.36. The topological polar surface area (TPSA) is 46.1 Å². The molecule has 0 aromatic carbocycles. The first-order chi connectivity index (χ1) is 5.59. The largest absolute Gasteiger partial charge is 0.339 e. The van der Waals surface area contributed by atoms with Crippen molar-refractivity contribution in [3.8, 4) is 0 Å². The first-order valence-electron chi connectivity index (χ1n) is 3.29. The van der Waals surface area contributed by atoms with Crippen LogP contribution in [0.3, 0.4) is 0 Å². The van der Waals surface area contributed by atoms with Crippen molar-refractivity contribution in [3.05, 3.63) is 9.47 Å². The zero-order valence-corrected chi connectivity index (χ0v) is 8.32. The second kappa shape index (κ2) is 3.82. The van der Waals surface area contributed by atoms with Crippen molar-refractivity contribution in [1.82, 2.24) is 15.1 Å². The lowest BCUT2D eigenvalue weighted by Gasteiger charge is -2.11. The molecule has 0 radical (unpaired) electrons. The highest BCUT2D eigenvalue weighted by molar-refractivity contribution is 7.15. The van der Waals surface area contributed by atoms with Gasteiger partial charge in [0.1, 0.15) is 5.01 Å². The minimum Gasteiger partial charge on any atom is -0.339 e. The van der Waals surface area contributed by atoms with E-state index in [1.165, 1.54) is 18.3 Å². The number of nitrogens with zero attached hydrogens (tertiary/aromatic N) is 3. The van der Waals surface area contributed by atoms with Crippen molar-refractivity contribution in [3.63, 3.8) is 0 Å². The van der Waals surface area contributed by atoms with Crippen LogP contribution in [0.1, 0.15) is 11.9 Å².